The van der Waals surface area contributed by atoms with Gasteiger partial charge in [0.05, 0.1) is 0 Å². The molecule has 0 aliphatic carbocycles. The van der Waals surface area contributed by atoms with Crippen LogP contribution in [0.5, 0.6) is 0 Å². The van der Waals surface area contributed by atoms with E-state index in [4.69, 9.17) is 4.65 Å². The lowest BCUT2D eigenvalue weighted by molar-refractivity contribution is 0.266. The molecule has 0 aromatic heterocycles. The van der Waals surface area contributed by atoms with Crippen molar-refractivity contribution in [3.05, 3.63) is 0 Å². The van der Waals surface area contributed by atoms with Gasteiger partial charge in [0.1, 0.15) is 0 Å². The third-order valence-corrected chi connectivity index (χ3v) is 2.71. The van der Waals surface area contributed by atoms with E-state index in [1.807, 2.05) is 11.6 Å². The van der Waals surface area contributed by atoms with E-state index < -0.39 is 0 Å². The summed E-state index contributed by atoms with van der Waals surface area (Å²) < 4.78 is 5.47. The van der Waals surface area contributed by atoms with Gasteiger partial charge in [-0.15, -0.1) is 0 Å². The molecule has 0 aromatic rings. The summed E-state index contributed by atoms with van der Waals surface area (Å²) in [5, 5.41) is 0. The maximum Gasteiger partial charge on any atom is 0.361 e. The summed E-state index contributed by atoms with van der Waals surface area (Å²) in [5.41, 5.74) is 0. The molecule has 1 aliphatic heterocycles. The highest BCUT2D eigenvalue weighted by atomic mass is 32.2. The fourth-order valence-electron chi connectivity index (χ4n) is 0.795. The van der Waals surface area contributed by atoms with Crippen molar-refractivity contribution in [2.45, 2.75) is 26.3 Å². The quantitative estimate of drug-likeness (QED) is 0.499. The molecule has 1 atom stereocenters. The van der Waals surface area contributed by atoms with Gasteiger partial charge in [-0.25, -0.2) is 0 Å². The van der Waals surface area contributed by atoms with Crippen molar-refractivity contribution >= 4 is 17.8 Å². The second-order valence-corrected chi connectivity index (χ2v) is 3.31. The third kappa shape index (κ3) is 1.42. The van der Waals surface area contributed by atoms with Crippen LogP contribution in [-0.2, 0) is 4.65 Å². The van der Waals surface area contributed by atoms with Crippen LogP contribution in [0, 0.1) is 0 Å². The van der Waals surface area contributed by atoms with Crippen molar-refractivity contribution < 1.29 is 4.65 Å². The Bertz CT molecular complexity index is 78.8. The Morgan fingerprint density at radius 1 is 1.88 bits per heavy atom. The van der Waals surface area contributed by atoms with Gasteiger partial charge in [-0.2, -0.15) is 11.6 Å². The summed E-state index contributed by atoms with van der Waals surface area (Å²) in [5.74, 6) is 1.18. The molecule has 1 unspecified atom stereocenters. The topological polar surface area (TPSA) is 9.23 Å². The minimum Gasteiger partial charge on any atom is -0.422 e. The van der Waals surface area contributed by atoms with Crippen LogP contribution in [0.4, 0.5) is 0 Å². The van der Waals surface area contributed by atoms with E-state index in [9.17, 15) is 0 Å². The molecule has 1 aliphatic rings. The molecule has 0 aromatic carbocycles. The second-order valence-electron chi connectivity index (χ2n) is 2.12. The molecule has 0 radical (unpaired) electrons. The Morgan fingerprint density at radius 3 is 2.88 bits per heavy atom. The molecule has 1 saturated heterocycles. The molecule has 8 heavy (non-hydrogen) atoms. The minimum absolute atomic E-state index is 0.491. The predicted octanol–water partition coefficient (Wildman–Crippen LogP) is 1.65. The molecule has 0 bridgehead atoms. The lowest BCUT2D eigenvalue weighted by atomic mass is 9.95. The van der Waals surface area contributed by atoms with Crippen LogP contribution in [0.2, 0.25) is 6.32 Å². The molecule has 0 spiro atoms. The van der Waals surface area contributed by atoms with E-state index in [-0.39, 0.29) is 0 Å². The van der Waals surface area contributed by atoms with Crippen LogP contribution < -0.4 is 0 Å². The van der Waals surface area contributed by atoms with Crippen LogP contribution >= 0.6 is 11.6 Å². The zero-order valence-corrected chi connectivity index (χ0v) is 6.20. The van der Waals surface area contributed by atoms with Crippen LogP contribution in [-0.4, -0.2) is 18.1 Å². The zero-order valence-electron chi connectivity index (χ0n) is 5.39. The summed E-state index contributed by atoms with van der Waals surface area (Å²) in [4.78, 5) is 0. The van der Waals surface area contributed by atoms with Gasteiger partial charge in [-0.1, -0.05) is 6.92 Å². The van der Waals surface area contributed by atoms with E-state index in [1.165, 1.54) is 5.75 Å². The van der Waals surface area contributed by atoms with Crippen molar-refractivity contribution in [1.82, 2.24) is 0 Å². The summed E-state index contributed by atoms with van der Waals surface area (Å²) in [6.07, 6.45) is 2.13. The van der Waals surface area contributed by atoms with Crippen molar-refractivity contribution in [1.29, 1.82) is 0 Å². The minimum atomic E-state index is 0.491. The van der Waals surface area contributed by atoms with Gasteiger partial charge in [0.25, 0.3) is 0 Å². The summed E-state index contributed by atoms with van der Waals surface area (Å²) >= 11 is 1.93. The van der Waals surface area contributed by atoms with E-state index >= 15 is 0 Å². The van der Waals surface area contributed by atoms with E-state index in [1.54, 1.807) is 0 Å². The highest BCUT2D eigenvalue weighted by Gasteiger charge is 2.24. The van der Waals surface area contributed by atoms with Crippen LogP contribution in [0.3, 0.4) is 0 Å². The van der Waals surface area contributed by atoms with Gasteiger partial charge in [-0.3, -0.25) is 0 Å². The smallest absolute Gasteiger partial charge is 0.361 e. The molecule has 1 heterocycles. The van der Waals surface area contributed by atoms with Gasteiger partial charge >= 0.3 is 6.19 Å². The summed E-state index contributed by atoms with van der Waals surface area (Å²) in [6.45, 7) is 4.29. The number of hydrogen-bond donors (Lipinski definition) is 0. The van der Waals surface area contributed by atoms with Crippen molar-refractivity contribution in [3.8, 4) is 0 Å². The van der Waals surface area contributed by atoms with Crippen LogP contribution in [0.25, 0.3) is 0 Å². The molecular formula is C5H11BOS. The third-order valence-electron chi connectivity index (χ3n) is 1.23. The molecule has 0 amide bonds. The molecular weight excluding hydrogens is 119 g/mol. The lowest BCUT2D eigenvalue weighted by Gasteiger charge is -2.00. The SMILES string of the molecule is CCB1OC(C)CS1. The monoisotopic (exact) mass is 130 g/mol. The maximum absolute atomic E-state index is 5.47. The van der Waals surface area contributed by atoms with E-state index in [2.05, 4.69) is 13.8 Å². The normalized spacial score (nSPS) is 29.2. The molecule has 0 N–H and O–H groups in total. The first-order valence-corrected chi connectivity index (χ1v) is 4.15. The highest BCUT2D eigenvalue weighted by molar-refractivity contribution is 8.25. The second kappa shape index (κ2) is 2.78. The predicted molar refractivity (Wildman–Crippen MR) is 39.2 cm³/mol. The fraction of sp³-hybridized carbons (Fsp3) is 1.00. The van der Waals surface area contributed by atoms with Gasteiger partial charge < -0.3 is 4.65 Å². The average molecular weight is 130 g/mol. The van der Waals surface area contributed by atoms with Crippen molar-refractivity contribution in [3.63, 3.8) is 0 Å². The zero-order chi connectivity index (χ0) is 5.98. The number of rotatable bonds is 1. The molecule has 1 rings (SSSR count). The first-order valence-electron chi connectivity index (χ1n) is 3.10. The Hall–Kier alpha value is 0.375. The first kappa shape index (κ1) is 6.49. The summed E-state index contributed by atoms with van der Waals surface area (Å²) in [7, 11) is 0. The van der Waals surface area contributed by atoms with Gasteiger partial charge in [-0.05, 0) is 13.2 Å². The number of hydrogen-bond acceptors (Lipinski definition) is 2. The Balaban J connectivity index is 2.22. The molecule has 0 saturated carbocycles. The molecule has 3 heteroatoms. The first-order chi connectivity index (χ1) is 3.83. The van der Waals surface area contributed by atoms with Gasteiger partial charge in [0.15, 0.2) is 0 Å². The van der Waals surface area contributed by atoms with Gasteiger partial charge in [0.2, 0.25) is 0 Å². The summed E-state index contributed by atoms with van der Waals surface area (Å²) in [6, 6.07) is 0. The highest BCUT2D eigenvalue weighted by Crippen LogP contribution is 2.23. The van der Waals surface area contributed by atoms with Crippen LogP contribution in [0.1, 0.15) is 13.8 Å². The van der Waals surface area contributed by atoms with Crippen molar-refractivity contribution in [2.24, 2.45) is 0 Å². The Labute approximate surface area is 55.2 Å². The lowest BCUT2D eigenvalue weighted by Crippen LogP contribution is -2.09. The molecule has 1 nitrogen and oxygen atoms in total. The van der Waals surface area contributed by atoms with Crippen LogP contribution in [0.15, 0.2) is 0 Å². The average Bonchev–Trinajstić information content (AvgIpc) is 2.14. The van der Waals surface area contributed by atoms with E-state index in [0.717, 1.165) is 6.32 Å². The molecule has 1 fully saturated rings. The fourth-order valence-corrected chi connectivity index (χ4v) is 1.86. The Morgan fingerprint density at radius 2 is 2.62 bits per heavy atom. The molecule has 46 valence electrons. The van der Waals surface area contributed by atoms with E-state index in [0.29, 0.717) is 12.3 Å². The van der Waals surface area contributed by atoms with Crippen molar-refractivity contribution in [2.75, 3.05) is 5.75 Å². The largest absolute Gasteiger partial charge is 0.422 e. The Kier molecular flexibility index (Phi) is 2.26. The van der Waals surface area contributed by atoms with Gasteiger partial charge in [0, 0.05) is 11.9 Å². The standard InChI is InChI=1S/C5H11BOS/c1-3-6-7-5(2)4-8-6/h5H,3-4H2,1-2H3. The maximum atomic E-state index is 5.47.